The largest absolute Gasteiger partial charge is 0.364 e. The van der Waals surface area contributed by atoms with E-state index in [2.05, 4.69) is 15.3 Å². The second kappa shape index (κ2) is 11.2. The van der Waals surface area contributed by atoms with Gasteiger partial charge in [0.2, 0.25) is 0 Å². The van der Waals surface area contributed by atoms with Crippen LogP contribution < -0.4 is 16.9 Å². The fraction of sp³-hybridized carbons (Fsp3) is 0.286. The molecule has 0 saturated carbocycles. The van der Waals surface area contributed by atoms with Gasteiger partial charge in [0.05, 0.1) is 6.04 Å². The molecule has 11 heteroatoms. The maximum Gasteiger partial charge on any atom is 0.269 e. The minimum atomic E-state index is -0.785. The van der Waals surface area contributed by atoms with Gasteiger partial charge in [0, 0.05) is 23.9 Å². The van der Waals surface area contributed by atoms with Crippen molar-refractivity contribution in [2.75, 3.05) is 17.7 Å². The van der Waals surface area contributed by atoms with Gasteiger partial charge in [0.25, 0.3) is 17.7 Å². The van der Waals surface area contributed by atoms with E-state index in [1.807, 2.05) is 32.9 Å². The molecule has 4 rings (SSSR count). The quantitative estimate of drug-likeness (QED) is 0.241. The Kier molecular flexibility index (Phi) is 7.76. The predicted octanol–water partition coefficient (Wildman–Crippen LogP) is 3.09. The van der Waals surface area contributed by atoms with E-state index in [0.717, 1.165) is 10.2 Å². The van der Waals surface area contributed by atoms with Crippen LogP contribution in [0.25, 0.3) is 11.3 Å². The van der Waals surface area contributed by atoms with Crippen LogP contribution >= 0.6 is 0 Å². The third-order valence-electron chi connectivity index (χ3n) is 6.41. The number of nitrogen functional groups attached to an aromatic ring is 1. The molecule has 1 saturated heterocycles. The summed E-state index contributed by atoms with van der Waals surface area (Å²) in [6.45, 7) is 6.10. The molecule has 1 atom stereocenters. The zero-order valence-electron chi connectivity index (χ0n) is 22.0. The minimum Gasteiger partial charge on any atom is -0.364 e. The monoisotopic (exact) mass is 526 g/mol. The number of aryl methyl sites for hydroxylation is 1. The van der Waals surface area contributed by atoms with Gasteiger partial charge >= 0.3 is 0 Å². The van der Waals surface area contributed by atoms with E-state index < -0.39 is 17.9 Å². The van der Waals surface area contributed by atoms with Gasteiger partial charge in [-0.15, -0.1) is 0 Å². The van der Waals surface area contributed by atoms with Gasteiger partial charge in [0.15, 0.2) is 11.5 Å². The van der Waals surface area contributed by atoms with Gasteiger partial charge in [-0.25, -0.2) is 14.6 Å². The fourth-order valence-electron chi connectivity index (χ4n) is 4.62. The van der Waals surface area contributed by atoms with Crippen LogP contribution in [0.15, 0.2) is 54.2 Å². The number of benzene rings is 1. The number of hydrogen-bond acceptors (Lipinski definition) is 7. The van der Waals surface area contributed by atoms with Gasteiger partial charge in [0.1, 0.15) is 23.2 Å². The summed E-state index contributed by atoms with van der Waals surface area (Å²) in [7, 11) is 0. The van der Waals surface area contributed by atoms with Crippen molar-refractivity contribution in [3.63, 3.8) is 0 Å². The Morgan fingerprint density at radius 1 is 1.21 bits per heavy atom. The first-order valence-corrected chi connectivity index (χ1v) is 12.6. The number of aromatic nitrogens is 3. The lowest BCUT2D eigenvalue weighted by atomic mass is 10.1. The van der Waals surface area contributed by atoms with E-state index in [4.69, 9.17) is 11.6 Å². The molecule has 0 bridgehead atoms. The molecule has 1 aliphatic rings. The number of primary amides is 1. The number of carbonyl (C=O) groups is 3. The van der Waals surface area contributed by atoms with Gasteiger partial charge < -0.3 is 21.8 Å². The molecule has 3 amide bonds. The maximum absolute atomic E-state index is 13.2. The predicted molar refractivity (Wildman–Crippen MR) is 145 cm³/mol. The van der Waals surface area contributed by atoms with Crippen molar-refractivity contribution >= 4 is 23.5 Å². The third-order valence-corrected chi connectivity index (χ3v) is 6.41. The van der Waals surface area contributed by atoms with Crippen LogP contribution in [-0.2, 0) is 4.79 Å². The fourth-order valence-corrected chi connectivity index (χ4v) is 4.62. The first-order valence-electron chi connectivity index (χ1n) is 12.6. The van der Waals surface area contributed by atoms with E-state index in [1.54, 1.807) is 47.5 Å². The molecule has 1 aromatic carbocycles. The number of pyridine rings is 1. The normalized spacial score (nSPS) is 15.3. The smallest absolute Gasteiger partial charge is 0.269 e. The highest BCUT2D eigenvalue weighted by Crippen LogP contribution is 2.35. The molecule has 3 heterocycles. The van der Waals surface area contributed by atoms with Crippen molar-refractivity contribution in [2.45, 2.75) is 39.7 Å². The summed E-state index contributed by atoms with van der Waals surface area (Å²) in [5.74, 6) is 5.53. The zero-order valence-corrected chi connectivity index (χ0v) is 22.0. The van der Waals surface area contributed by atoms with Crippen LogP contribution in [0.2, 0.25) is 0 Å². The molecule has 1 unspecified atom stereocenters. The number of imidazole rings is 1. The summed E-state index contributed by atoms with van der Waals surface area (Å²) in [5, 5.41) is 12.3. The molecule has 1 fully saturated rings. The summed E-state index contributed by atoms with van der Waals surface area (Å²) in [4.78, 5) is 48.6. The number of nitriles is 1. The molecule has 11 nitrogen and oxygen atoms in total. The first kappa shape index (κ1) is 27.1. The van der Waals surface area contributed by atoms with E-state index >= 15 is 0 Å². The van der Waals surface area contributed by atoms with Gasteiger partial charge in [-0.2, -0.15) is 5.26 Å². The van der Waals surface area contributed by atoms with E-state index in [-0.39, 0.29) is 28.8 Å². The Bertz CT molecular complexity index is 1500. The van der Waals surface area contributed by atoms with E-state index in [9.17, 15) is 19.6 Å². The average Bonchev–Trinajstić information content (AvgIpc) is 3.51. The van der Waals surface area contributed by atoms with Crippen molar-refractivity contribution in [3.8, 4) is 17.3 Å². The third kappa shape index (κ3) is 5.65. The maximum atomic E-state index is 13.2. The van der Waals surface area contributed by atoms with Crippen LogP contribution in [-0.4, -0.2) is 43.8 Å². The summed E-state index contributed by atoms with van der Waals surface area (Å²) < 4.78 is 1.12. The molecule has 0 spiro atoms. The van der Waals surface area contributed by atoms with Crippen LogP contribution in [0.5, 0.6) is 0 Å². The van der Waals surface area contributed by atoms with Gasteiger partial charge in [-0.05, 0) is 55.5 Å². The number of hydrogen-bond donors (Lipinski definition) is 3. The van der Waals surface area contributed by atoms with Crippen molar-refractivity contribution < 1.29 is 14.4 Å². The van der Waals surface area contributed by atoms with Gasteiger partial charge in [-0.3, -0.25) is 14.4 Å². The number of likely N-dealkylation sites (tertiary alicyclic amines) is 1. The molecule has 0 aliphatic carbocycles. The van der Waals surface area contributed by atoms with Crippen molar-refractivity contribution in [2.24, 2.45) is 11.7 Å². The molecule has 3 aromatic rings. The Labute approximate surface area is 226 Å². The number of rotatable bonds is 7. The summed E-state index contributed by atoms with van der Waals surface area (Å²) in [6.07, 6.45) is 4.48. The molecule has 5 N–H and O–H groups in total. The molecular weight excluding hydrogens is 496 g/mol. The number of anilines is 1. The minimum absolute atomic E-state index is 0.0207. The molecule has 39 heavy (non-hydrogen) atoms. The van der Waals surface area contributed by atoms with Crippen LogP contribution in [0, 0.1) is 24.2 Å². The van der Waals surface area contributed by atoms with Crippen molar-refractivity contribution in [1.29, 1.82) is 5.26 Å². The van der Waals surface area contributed by atoms with E-state index in [0.29, 0.717) is 42.2 Å². The Balaban J connectivity index is 1.64. The van der Waals surface area contributed by atoms with Crippen LogP contribution in [0.1, 0.15) is 65.0 Å². The zero-order chi connectivity index (χ0) is 28.3. The lowest BCUT2D eigenvalue weighted by Crippen LogP contribution is -2.34. The number of carbonyl (C=O) groups excluding carboxylic acids is 3. The SMILES string of the molecule is Cc1ccnc(NC(=O)c2ccc(-c3nc(C4CCCN4C(=O)C(C#N)=CC(C)C)n(N)c3C(N)=O)cc2)c1. The van der Waals surface area contributed by atoms with Crippen LogP contribution in [0.4, 0.5) is 5.82 Å². The molecule has 200 valence electrons. The summed E-state index contributed by atoms with van der Waals surface area (Å²) in [5.41, 5.74) is 7.81. The highest BCUT2D eigenvalue weighted by atomic mass is 16.2. The molecular formula is C28H30N8O3. The number of allylic oxidation sites excluding steroid dienone is 1. The number of nitrogens with one attached hydrogen (secondary N) is 1. The standard InChI is InChI=1S/C28H30N8O3/c1-16(2)13-20(15-29)28(39)35-12-4-5-21(35)26-34-23(24(25(30)37)36(26)31)18-6-8-19(9-7-18)27(38)33-22-14-17(3)10-11-32-22/h6-11,13-14,16,21H,4-5,12,31H2,1-3H3,(H2,30,37)(H,32,33,38). The van der Waals surface area contributed by atoms with Crippen molar-refractivity contribution in [3.05, 3.63) is 76.9 Å². The van der Waals surface area contributed by atoms with Gasteiger partial charge in [-0.1, -0.05) is 32.1 Å². The Hall–Kier alpha value is -4.98. The highest BCUT2D eigenvalue weighted by Gasteiger charge is 2.36. The van der Waals surface area contributed by atoms with Crippen molar-refractivity contribution in [1.82, 2.24) is 19.5 Å². The second-order valence-electron chi connectivity index (χ2n) is 9.74. The van der Waals surface area contributed by atoms with E-state index in [1.165, 1.54) is 0 Å². The second-order valence-corrected chi connectivity index (χ2v) is 9.74. The average molecular weight is 527 g/mol. The number of nitrogens with zero attached hydrogens (tertiary/aromatic N) is 5. The highest BCUT2D eigenvalue weighted by molar-refractivity contribution is 6.04. The first-order chi connectivity index (χ1) is 18.6. The lowest BCUT2D eigenvalue weighted by molar-refractivity contribution is -0.127. The molecule has 1 aliphatic heterocycles. The molecule has 0 radical (unpaired) electrons. The number of amides is 3. The molecule has 2 aromatic heterocycles. The Morgan fingerprint density at radius 3 is 2.54 bits per heavy atom. The summed E-state index contributed by atoms with van der Waals surface area (Å²) in [6, 6.07) is 11.5. The number of nitrogens with two attached hydrogens (primary N) is 2. The van der Waals surface area contributed by atoms with Crippen LogP contribution in [0.3, 0.4) is 0 Å². The summed E-state index contributed by atoms with van der Waals surface area (Å²) >= 11 is 0. The Morgan fingerprint density at radius 2 is 1.92 bits per heavy atom. The topological polar surface area (TPSA) is 173 Å². The lowest BCUT2D eigenvalue weighted by Gasteiger charge is -2.24.